The Balaban J connectivity index is 2.19. The molecule has 1 atom stereocenters. The number of hydrogen-bond acceptors (Lipinski definition) is 4. The van der Waals surface area contributed by atoms with Gasteiger partial charge in [0.1, 0.15) is 6.04 Å². The lowest BCUT2D eigenvalue weighted by Crippen LogP contribution is -2.47. The van der Waals surface area contributed by atoms with Crippen LogP contribution in [0.15, 0.2) is 46.9 Å². The van der Waals surface area contributed by atoms with E-state index < -0.39 is 16.1 Å². The van der Waals surface area contributed by atoms with Gasteiger partial charge in [0.2, 0.25) is 21.8 Å². The van der Waals surface area contributed by atoms with Crippen molar-refractivity contribution in [2.75, 3.05) is 23.7 Å². The number of nitrogens with zero attached hydrogens (tertiary/aromatic N) is 2. The molecule has 34 heavy (non-hydrogen) atoms. The highest BCUT2D eigenvalue weighted by Crippen LogP contribution is 2.27. The molecule has 0 spiro atoms. The molecule has 0 saturated heterocycles. The maximum atomic E-state index is 13.2. The normalized spacial score (nSPS) is 12.2. The minimum Gasteiger partial charge on any atom is -0.355 e. The number of benzene rings is 2. The van der Waals surface area contributed by atoms with Crippen LogP contribution in [0.2, 0.25) is 5.02 Å². The molecule has 0 aromatic heterocycles. The summed E-state index contributed by atoms with van der Waals surface area (Å²) < 4.78 is 27.1. The number of carbonyl (C=O) groups is 2. The molecule has 0 heterocycles. The second kappa shape index (κ2) is 12.6. The van der Waals surface area contributed by atoms with E-state index >= 15 is 0 Å². The molecule has 0 fully saturated rings. The maximum absolute atomic E-state index is 13.2. The Morgan fingerprint density at radius 1 is 1.18 bits per heavy atom. The number of likely N-dealkylation sites (N-methyl/N-ethyl adjacent to an activating group) is 1. The summed E-state index contributed by atoms with van der Waals surface area (Å²) in [6.07, 6.45) is 1.50. The quantitative estimate of drug-likeness (QED) is 0.429. The van der Waals surface area contributed by atoms with Crippen LogP contribution in [0.4, 0.5) is 5.69 Å². The number of carbonyl (C=O) groups excluding carboxylic acids is 2. The van der Waals surface area contributed by atoms with E-state index in [0.717, 1.165) is 21.9 Å². The first-order valence-electron chi connectivity index (χ1n) is 11.0. The average Bonchev–Trinajstić information content (AvgIpc) is 2.75. The van der Waals surface area contributed by atoms with E-state index in [0.29, 0.717) is 17.3 Å². The van der Waals surface area contributed by atoms with E-state index in [-0.39, 0.29) is 37.7 Å². The largest absolute Gasteiger partial charge is 0.355 e. The highest BCUT2D eigenvalue weighted by molar-refractivity contribution is 9.10. The summed E-state index contributed by atoms with van der Waals surface area (Å²) >= 11 is 9.53. The fourth-order valence-electron chi connectivity index (χ4n) is 3.57. The van der Waals surface area contributed by atoms with E-state index in [4.69, 9.17) is 11.6 Å². The molecule has 0 saturated carbocycles. The number of amides is 2. The van der Waals surface area contributed by atoms with Crippen molar-refractivity contribution < 1.29 is 18.0 Å². The van der Waals surface area contributed by atoms with Crippen LogP contribution >= 0.6 is 27.5 Å². The van der Waals surface area contributed by atoms with Crippen LogP contribution in [0.3, 0.4) is 0 Å². The molecular weight excluding hydrogens is 542 g/mol. The molecule has 0 aliphatic carbocycles. The number of sulfonamides is 1. The van der Waals surface area contributed by atoms with E-state index in [1.165, 1.54) is 9.21 Å². The molecule has 0 unspecified atom stereocenters. The van der Waals surface area contributed by atoms with Gasteiger partial charge in [-0.2, -0.15) is 0 Å². The van der Waals surface area contributed by atoms with Crippen molar-refractivity contribution in [2.24, 2.45) is 0 Å². The first-order valence-corrected chi connectivity index (χ1v) is 14.0. The number of hydrogen-bond donors (Lipinski definition) is 1. The Morgan fingerprint density at radius 2 is 1.88 bits per heavy atom. The van der Waals surface area contributed by atoms with Crippen molar-refractivity contribution in [3.05, 3.63) is 63.1 Å². The van der Waals surface area contributed by atoms with Crippen LogP contribution in [0.25, 0.3) is 0 Å². The topological polar surface area (TPSA) is 86.8 Å². The summed E-state index contributed by atoms with van der Waals surface area (Å²) in [6, 6.07) is 11.9. The lowest BCUT2D eigenvalue weighted by Gasteiger charge is -2.29. The van der Waals surface area contributed by atoms with Gasteiger partial charge in [-0.15, -0.1) is 0 Å². The highest BCUT2D eigenvalue weighted by atomic mass is 79.9. The van der Waals surface area contributed by atoms with Crippen LogP contribution in [0, 0.1) is 6.92 Å². The monoisotopic (exact) mass is 571 g/mol. The van der Waals surface area contributed by atoms with Gasteiger partial charge in [0.25, 0.3) is 0 Å². The third-order valence-electron chi connectivity index (χ3n) is 5.35. The molecule has 2 rings (SSSR count). The van der Waals surface area contributed by atoms with Crippen LogP contribution in [0.1, 0.15) is 37.8 Å². The number of aryl methyl sites for hydroxylation is 1. The molecule has 0 radical (unpaired) electrons. The van der Waals surface area contributed by atoms with Crippen molar-refractivity contribution in [1.29, 1.82) is 0 Å². The molecule has 0 bridgehead atoms. The first kappa shape index (κ1) is 28.1. The third-order valence-corrected chi connectivity index (χ3v) is 7.26. The molecule has 10 heteroatoms. The second-order valence-electron chi connectivity index (χ2n) is 8.09. The Labute approximate surface area is 215 Å². The van der Waals surface area contributed by atoms with E-state index in [1.54, 1.807) is 25.1 Å². The molecule has 1 N–H and O–H groups in total. The van der Waals surface area contributed by atoms with Gasteiger partial charge < -0.3 is 10.2 Å². The van der Waals surface area contributed by atoms with Crippen molar-refractivity contribution in [3.8, 4) is 0 Å². The molecule has 2 aromatic carbocycles. The lowest BCUT2D eigenvalue weighted by molar-refractivity contribution is -0.140. The molecule has 186 valence electrons. The smallest absolute Gasteiger partial charge is 0.242 e. The molecule has 2 aromatic rings. The summed E-state index contributed by atoms with van der Waals surface area (Å²) in [4.78, 5) is 27.2. The van der Waals surface area contributed by atoms with Gasteiger partial charge in [0.15, 0.2) is 0 Å². The highest BCUT2D eigenvalue weighted by Gasteiger charge is 2.26. The van der Waals surface area contributed by atoms with Gasteiger partial charge in [0, 0.05) is 35.6 Å². The summed E-state index contributed by atoms with van der Waals surface area (Å²) in [6.45, 7) is 6.17. The van der Waals surface area contributed by atoms with Gasteiger partial charge in [-0.05, 0) is 62.6 Å². The van der Waals surface area contributed by atoms with Gasteiger partial charge in [-0.1, -0.05) is 45.7 Å². The Hall–Kier alpha value is -2.10. The lowest BCUT2D eigenvalue weighted by atomic mass is 10.1. The molecule has 7 nitrogen and oxygen atoms in total. The molecule has 2 amide bonds. The van der Waals surface area contributed by atoms with E-state index in [9.17, 15) is 18.0 Å². The van der Waals surface area contributed by atoms with Gasteiger partial charge >= 0.3 is 0 Å². The number of nitrogens with one attached hydrogen (secondary N) is 1. The predicted molar refractivity (Wildman–Crippen MR) is 140 cm³/mol. The fraction of sp³-hybridized carbons (Fsp3) is 0.417. The summed E-state index contributed by atoms with van der Waals surface area (Å²) in [7, 11) is -3.59. The standard InChI is InChI=1S/C24H31BrClN3O4S/c1-5-27-24(31)18(3)28(16-19-8-6-9-20(25)14-19)23(30)10-7-13-29(34(4,32)33)22-15-21(26)12-11-17(22)2/h6,8-9,11-12,14-15,18H,5,7,10,13,16H2,1-4H3,(H,27,31)/t18-/m0/s1. The Kier molecular flexibility index (Phi) is 10.4. The fourth-order valence-corrected chi connectivity index (χ4v) is 5.20. The summed E-state index contributed by atoms with van der Waals surface area (Å²) in [5.74, 6) is -0.465. The zero-order chi connectivity index (χ0) is 25.5. The number of halogens is 2. The number of rotatable bonds is 11. The third kappa shape index (κ3) is 7.99. The van der Waals surface area contributed by atoms with Gasteiger partial charge in [-0.3, -0.25) is 13.9 Å². The molecular formula is C24H31BrClN3O4S. The minimum atomic E-state index is -3.59. The minimum absolute atomic E-state index is 0.0867. The maximum Gasteiger partial charge on any atom is 0.242 e. The number of anilines is 1. The van der Waals surface area contributed by atoms with Crippen molar-refractivity contribution in [3.63, 3.8) is 0 Å². The summed E-state index contributed by atoms with van der Waals surface area (Å²) in [5, 5.41) is 3.19. The SMILES string of the molecule is CCNC(=O)[C@H](C)N(Cc1cccc(Br)c1)C(=O)CCCN(c1cc(Cl)ccc1C)S(C)(=O)=O. The molecule has 0 aliphatic rings. The van der Waals surface area contributed by atoms with Crippen LogP contribution in [-0.2, 0) is 26.2 Å². The van der Waals surface area contributed by atoms with Crippen molar-refractivity contribution >= 4 is 55.1 Å². The zero-order valence-electron chi connectivity index (χ0n) is 19.8. The van der Waals surface area contributed by atoms with Gasteiger partial charge in [0.05, 0.1) is 11.9 Å². The first-order chi connectivity index (χ1) is 15.9. The summed E-state index contributed by atoms with van der Waals surface area (Å²) in [5.41, 5.74) is 2.14. The van der Waals surface area contributed by atoms with Gasteiger partial charge in [-0.25, -0.2) is 8.42 Å². The Morgan fingerprint density at radius 3 is 2.50 bits per heavy atom. The van der Waals surface area contributed by atoms with Crippen LogP contribution in [-0.4, -0.2) is 50.5 Å². The average molecular weight is 573 g/mol. The Bertz CT molecular complexity index is 1130. The van der Waals surface area contributed by atoms with Crippen molar-refractivity contribution in [1.82, 2.24) is 10.2 Å². The van der Waals surface area contributed by atoms with E-state index in [1.807, 2.05) is 38.1 Å². The van der Waals surface area contributed by atoms with Crippen LogP contribution in [0.5, 0.6) is 0 Å². The van der Waals surface area contributed by atoms with Crippen LogP contribution < -0.4 is 9.62 Å². The van der Waals surface area contributed by atoms with E-state index in [2.05, 4.69) is 21.2 Å². The second-order valence-corrected chi connectivity index (χ2v) is 11.4. The molecule has 0 aliphatic heterocycles. The predicted octanol–water partition coefficient (Wildman–Crippen LogP) is 4.51. The zero-order valence-corrected chi connectivity index (χ0v) is 23.0. The van der Waals surface area contributed by atoms with Crippen molar-refractivity contribution in [2.45, 2.75) is 46.2 Å².